The van der Waals surface area contributed by atoms with Crippen molar-refractivity contribution in [1.82, 2.24) is 10.2 Å². The molecule has 2 fully saturated rings. The Morgan fingerprint density at radius 3 is 2.86 bits per heavy atom. The Kier molecular flexibility index (Phi) is 3.10. The molecule has 0 spiro atoms. The molecule has 14 heavy (non-hydrogen) atoms. The van der Waals surface area contributed by atoms with E-state index in [4.69, 9.17) is 0 Å². The largest absolute Gasteiger partial charge is 0.309 e. The Morgan fingerprint density at radius 1 is 1.43 bits per heavy atom. The molecule has 2 rings (SSSR count). The molecular formula is C11H22N2S. The zero-order valence-electron chi connectivity index (χ0n) is 9.55. The third kappa shape index (κ3) is 2.26. The Balaban J connectivity index is 2.00. The van der Waals surface area contributed by atoms with Crippen LogP contribution in [-0.2, 0) is 0 Å². The summed E-state index contributed by atoms with van der Waals surface area (Å²) in [4.78, 5) is 2.72. The van der Waals surface area contributed by atoms with Crippen molar-refractivity contribution in [1.29, 1.82) is 0 Å². The fraction of sp³-hybridized carbons (Fsp3) is 1.00. The van der Waals surface area contributed by atoms with Crippen molar-refractivity contribution in [2.45, 2.75) is 44.8 Å². The fourth-order valence-electron chi connectivity index (χ4n) is 2.48. The lowest BCUT2D eigenvalue weighted by Gasteiger charge is -2.46. The molecule has 2 atom stereocenters. The lowest BCUT2D eigenvalue weighted by molar-refractivity contribution is 0.0720. The van der Waals surface area contributed by atoms with Gasteiger partial charge in [-0.15, -0.1) is 0 Å². The minimum atomic E-state index is 0.305. The van der Waals surface area contributed by atoms with Crippen molar-refractivity contribution in [3.63, 3.8) is 0 Å². The summed E-state index contributed by atoms with van der Waals surface area (Å²) in [6.45, 7) is 9.33. The molecule has 0 bridgehead atoms. The molecule has 2 aliphatic heterocycles. The highest BCUT2D eigenvalue weighted by Gasteiger charge is 2.35. The van der Waals surface area contributed by atoms with Crippen LogP contribution in [0.2, 0.25) is 0 Å². The van der Waals surface area contributed by atoms with E-state index < -0.39 is 0 Å². The van der Waals surface area contributed by atoms with Crippen LogP contribution in [0.25, 0.3) is 0 Å². The number of nitrogens with zero attached hydrogens (tertiary/aromatic N) is 1. The van der Waals surface area contributed by atoms with Gasteiger partial charge in [0, 0.05) is 36.5 Å². The first-order chi connectivity index (χ1) is 6.58. The minimum absolute atomic E-state index is 0.305. The topological polar surface area (TPSA) is 15.3 Å². The Morgan fingerprint density at radius 2 is 2.21 bits per heavy atom. The van der Waals surface area contributed by atoms with Gasteiger partial charge in [-0.2, -0.15) is 11.8 Å². The molecule has 3 heteroatoms. The van der Waals surface area contributed by atoms with E-state index in [0.717, 1.165) is 12.6 Å². The van der Waals surface area contributed by atoms with Gasteiger partial charge in [-0.05, 0) is 32.9 Å². The molecule has 82 valence electrons. The SMILES string of the molecule is CC1CNC(C)(C)CN1C1CCSC1. The average molecular weight is 214 g/mol. The molecule has 2 aliphatic rings. The van der Waals surface area contributed by atoms with Crippen LogP contribution in [0.4, 0.5) is 0 Å². The van der Waals surface area contributed by atoms with Gasteiger partial charge in [0.2, 0.25) is 0 Å². The van der Waals surface area contributed by atoms with Crippen molar-refractivity contribution < 1.29 is 0 Å². The number of hydrogen-bond donors (Lipinski definition) is 1. The molecule has 0 aliphatic carbocycles. The first-order valence-corrected chi connectivity index (χ1v) is 6.82. The quantitative estimate of drug-likeness (QED) is 0.713. The van der Waals surface area contributed by atoms with Crippen molar-refractivity contribution in [3.05, 3.63) is 0 Å². The molecule has 2 nitrogen and oxygen atoms in total. The zero-order chi connectivity index (χ0) is 10.2. The van der Waals surface area contributed by atoms with E-state index in [1.807, 2.05) is 0 Å². The first kappa shape index (κ1) is 10.8. The second-order valence-corrected chi connectivity index (χ2v) is 6.45. The second kappa shape index (κ2) is 4.03. The van der Waals surface area contributed by atoms with Gasteiger partial charge in [0.1, 0.15) is 0 Å². The van der Waals surface area contributed by atoms with E-state index >= 15 is 0 Å². The van der Waals surface area contributed by atoms with Crippen molar-refractivity contribution in [2.24, 2.45) is 0 Å². The summed E-state index contributed by atoms with van der Waals surface area (Å²) in [6.07, 6.45) is 1.39. The highest BCUT2D eigenvalue weighted by molar-refractivity contribution is 7.99. The molecule has 2 heterocycles. The van der Waals surface area contributed by atoms with Gasteiger partial charge in [0.25, 0.3) is 0 Å². The molecule has 0 aromatic carbocycles. The number of hydrogen-bond acceptors (Lipinski definition) is 3. The highest BCUT2D eigenvalue weighted by atomic mass is 32.2. The predicted octanol–water partition coefficient (Wildman–Crippen LogP) is 1.56. The zero-order valence-corrected chi connectivity index (χ0v) is 10.4. The van der Waals surface area contributed by atoms with E-state index in [-0.39, 0.29) is 0 Å². The summed E-state index contributed by atoms with van der Waals surface area (Å²) in [7, 11) is 0. The molecule has 0 aromatic rings. The smallest absolute Gasteiger partial charge is 0.0253 e. The van der Waals surface area contributed by atoms with Gasteiger partial charge in [-0.1, -0.05) is 0 Å². The van der Waals surface area contributed by atoms with Crippen LogP contribution < -0.4 is 5.32 Å². The van der Waals surface area contributed by atoms with Crippen molar-refractivity contribution in [3.8, 4) is 0 Å². The number of piperazine rings is 1. The number of rotatable bonds is 1. The third-order valence-electron chi connectivity index (χ3n) is 3.39. The maximum Gasteiger partial charge on any atom is 0.0253 e. The monoisotopic (exact) mass is 214 g/mol. The van der Waals surface area contributed by atoms with E-state index in [1.165, 1.54) is 24.5 Å². The molecule has 2 saturated heterocycles. The van der Waals surface area contributed by atoms with Crippen molar-refractivity contribution in [2.75, 3.05) is 24.6 Å². The van der Waals surface area contributed by atoms with Crippen LogP contribution in [0.3, 0.4) is 0 Å². The summed E-state index contributed by atoms with van der Waals surface area (Å²) in [5, 5.41) is 3.61. The average Bonchev–Trinajstić information content (AvgIpc) is 2.62. The van der Waals surface area contributed by atoms with E-state index in [0.29, 0.717) is 11.6 Å². The fourth-order valence-corrected chi connectivity index (χ4v) is 3.72. The summed E-state index contributed by atoms with van der Waals surface area (Å²) < 4.78 is 0. The van der Waals surface area contributed by atoms with Crippen LogP contribution in [-0.4, -0.2) is 47.1 Å². The van der Waals surface area contributed by atoms with E-state index in [2.05, 4.69) is 42.7 Å². The van der Waals surface area contributed by atoms with E-state index in [9.17, 15) is 0 Å². The second-order valence-electron chi connectivity index (χ2n) is 5.30. The summed E-state index contributed by atoms with van der Waals surface area (Å²) in [5.74, 6) is 2.71. The van der Waals surface area contributed by atoms with Crippen LogP contribution in [0.1, 0.15) is 27.2 Å². The van der Waals surface area contributed by atoms with Gasteiger partial charge in [-0.3, -0.25) is 4.90 Å². The van der Waals surface area contributed by atoms with Crippen molar-refractivity contribution >= 4 is 11.8 Å². The van der Waals surface area contributed by atoms with Gasteiger partial charge in [-0.25, -0.2) is 0 Å². The molecule has 0 saturated carbocycles. The summed E-state index contributed by atoms with van der Waals surface area (Å²) in [5.41, 5.74) is 0.305. The van der Waals surface area contributed by atoms with Crippen LogP contribution >= 0.6 is 11.8 Å². The van der Waals surface area contributed by atoms with Gasteiger partial charge < -0.3 is 5.32 Å². The highest BCUT2D eigenvalue weighted by Crippen LogP contribution is 2.27. The standard InChI is InChI=1S/C11H22N2S/c1-9-6-12-11(2,3)8-13(9)10-4-5-14-7-10/h9-10,12H,4-8H2,1-3H3. The molecular weight excluding hydrogens is 192 g/mol. The first-order valence-electron chi connectivity index (χ1n) is 5.67. The molecule has 0 amide bonds. The molecule has 2 unspecified atom stereocenters. The lowest BCUT2D eigenvalue weighted by Crippen LogP contribution is -2.63. The number of nitrogens with one attached hydrogen (secondary N) is 1. The van der Waals surface area contributed by atoms with Crippen LogP contribution in [0.15, 0.2) is 0 Å². The predicted molar refractivity (Wildman–Crippen MR) is 64.0 cm³/mol. The van der Waals surface area contributed by atoms with Crippen LogP contribution in [0, 0.1) is 0 Å². The van der Waals surface area contributed by atoms with E-state index in [1.54, 1.807) is 0 Å². The molecule has 0 aromatic heterocycles. The Hall–Kier alpha value is 0.270. The normalized spacial score (nSPS) is 38.8. The Labute approximate surface area is 91.8 Å². The lowest BCUT2D eigenvalue weighted by atomic mass is 9.97. The summed E-state index contributed by atoms with van der Waals surface area (Å²) in [6, 6.07) is 1.56. The van der Waals surface area contributed by atoms with Gasteiger partial charge in [0.15, 0.2) is 0 Å². The van der Waals surface area contributed by atoms with Gasteiger partial charge >= 0.3 is 0 Å². The maximum atomic E-state index is 3.61. The molecule has 0 radical (unpaired) electrons. The minimum Gasteiger partial charge on any atom is -0.309 e. The maximum absolute atomic E-state index is 3.61. The summed E-state index contributed by atoms with van der Waals surface area (Å²) >= 11 is 2.12. The molecule has 1 N–H and O–H groups in total. The van der Waals surface area contributed by atoms with Gasteiger partial charge in [0.05, 0.1) is 0 Å². The van der Waals surface area contributed by atoms with Crippen LogP contribution in [0.5, 0.6) is 0 Å². The third-order valence-corrected chi connectivity index (χ3v) is 4.54. The number of thioether (sulfide) groups is 1. The Bertz CT molecular complexity index is 199.